The van der Waals surface area contributed by atoms with Crippen LogP contribution < -0.4 is 0 Å². The van der Waals surface area contributed by atoms with Gasteiger partial charge in [0.15, 0.2) is 0 Å². The second kappa shape index (κ2) is 4.91. The zero-order chi connectivity index (χ0) is 10.6. The molecular weight excluding hydrogens is 179 g/mol. The summed E-state index contributed by atoms with van der Waals surface area (Å²) in [5, 5.41) is 8.78. The number of hydrogen-bond acceptors (Lipinski definition) is 1. The van der Waals surface area contributed by atoms with Crippen molar-refractivity contribution in [2.45, 2.75) is 13.8 Å². The fraction of sp³-hybridized carbons (Fsp3) is 0.333. The van der Waals surface area contributed by atoms with Crippen molar-refractivity contribution in [2.24, 2.45) is 5.92 Å². The van der Waals surface area contributed by atoms with Crippen molar-refractivity contribution in [1.82, 2.24) is 0 Å². The van der Waals surface area contributed by atoms with E-state index in [2.05, 4.69) is 0 Å². The molecule has 0 fully saturated rings. The molecular formula is C12H15FO. The van der Waals surface area contributed by atoms with Gasteiger partial charge < -0.3 is 5.11 Å². The highest BCUT2D eigenvalue weighted by molar-refractivity contribution is 5.68. The summed E-state index contributed by atoms with van der Waals surface area (Å²) in [5.74, 6) is -0.365. The average Bonchev–Trinajstić information content (AvgIpc) is 2.19. The lowest BCUT2D eigenvalue weighted by Crippen LogP contribution is -1.99. The zero-order valence-corrected chi connectivity index (χ0v) is 8.50. The Kier molecular flexibility index (Phi) is 3.84. The van der Waals surface area contributed by atoms with Gasteiger partial charge >= 0.3 is 0 Å². The molecule has 14 heavy (non-hydrogen) atoms. The highest BCUT2D eigenvalue weighted by atomic mass is 19.1. The summed E-state index contributed by atoms with van der Waals surface area (Å²) in [7, 11) is 0. The number of allylic oxidation sites excluding steroid dienone is 1. The number of rotatable bonds is 3. The van der Waals surface area contributed by atoms with Gasteiger partial charge in [0.05, 0.1) is 6.61 Å². The molecule has 76 valence electrons. The van der Waals surface area contributed by atoms with Crippen LogP contribution in [-0.2, 0) is 0 Å². The maximum atomic E-state index is 13.4. The Hall–Kier alpha value is -1.15. The van der Waals surface area contributed by atoms with E-state index in [0.717, 1.165) is 5.56 Å². The van der Waals surface area contributed by atoms with Crippen molar-refractivity contribution in [3.05, 3.63) is 41.7 Å². The van der Waals surface area contributed by atoms with E-state index in [1.165, 1.54) is 0 Å². The molecule has 0 heterocycles. The molecule has 0 spiro atoms. The lowest BCUT2D eigenvalue weighted by molar-refractivity contribution is 0.298. The summed E-state index contributed by atoms with van der Waals surface area (Å²) in [4.78, 5) is 0. The van der Waals surface area contributed by atoms with Crippen LogP contribution in [0.5, 0.6) is 0 Å². The van der Waals surface area contributed by atoms with Gasteiger partial charge in [-0.2, -0.15) is 0 Å². The Morgan fingerprint density at radius 2 is 1.86 bits per heavy atom. The largest absolute Gasteiger partial charge is 0.389 e. The summed E-state index contributed by atoms with van der Waals surface area (Å²) in [6, 6.07) is 9.32. The molecule has 0 unspecified atom stereocenters. The first-order chi connectivity index (χ1) is 6.66. The van der Waals surface area contributed by atoms with E-state index < -0.39 is 12.4 Å². The molecule has 2 heteroatoms. The van der Waals surface area contributed by atoms with E-state index >= 15 is 0 Å². The van der Waals surface area contributed by atoms with Gasteiger partial charge in [-0.3, -0.25) is 0 Å². The van der Waals surface area contributed by atoms with E-state index in [0.29, 0.717) is 5.57 Å². The van der Waals surface area contributed by atoms with Gasteiger partial charge in [-0.25, -0.2) is 4.39 Å². The molecule has 0 aliphatic heterocycles. The fourth-order valence-corrected chi connectivity index (χ4v) is 1.51. The van der Waals surface area contributed by atoms with Crippen LogP contribution >= 0.6 is 0 Å². The van der Waals surface area contributed by atoms with Crippen molar-refractivity contribution in [1.29, 1.82) is 0 Å². The summed E-state index contributed by atoms with van der Waals surface area (Å²) < 4.78 is 13.4. The van der Waals surface area contributed by atoms with Crippen molar-refractivity contribution in [3.8, 4) is 0 Å². The molecule has 1 aromatic carbocycles. The minimum atomic E-state index is -0.525. The fourth-order valence-electron chi connectivity index (χ4n) is 1.51. The molecule has 0 saturated carbocycles. The molecule has 0 atom stereocenters. The molecule has 0 amide bonds. The molecule has 0 bridgehead atoms. The Morgan fingerprint density at radius 3 is 2.29 bits per heavy atom. The second-order valence-corrected chi connectivity index (χ2v) is 3.50. The minimum absolute atomic E-state index is 0.0737. The monoisotopic (exact) mass is 194 g/mol. The molecule has 0 aromatic heterocycles. The number of aliphatic hydroxyl groups is 1. The maximum absolute atomic E-state index is 13.4. The summed E-state index contributed by atoms with van der Waals surface area (Å²) in [6.45, 7) is 3.30. The lowest BCUT2D eigenvalue weighted by Gasteiger charge is -2.12. The second-order valence-electron chi connectivity index (χ2n) is 3.50. The van der Waals surface area contributed by atoms with Gasteiger partial charge in [-0.05, 0) is 17.1 Å². The Bertz CT molecular complexity index is 314. The van der Waals surface area contributed by atoms with Gasteiger partial charge in [-0.15, -0.1) is 0 Å². The number of aliphatic hydroxyl groups excluding tert-OH is 1. The molecule has 1 nitrogen and oxygen atoms in total. The third-order valence-corrected chi connectivity index (χ3v) is 2.09. The third-order valence-electron chi connectivity index (χ3n) is 2.09. The van der Waals surface area contributed by atoms with Crippen LogP contribution in [0.15, 0.2) is 36.2 Å². The first-order valence-corrected chi connectivity index (χ1v) is 4.71. The standard InChI is InChI=1S/C12H15FO/c1-9(2)12(11(13)8-14)10-6-4-3-5-7-10/h3-7,9,14H,8H2,1-2H3/b12-11-. The molecule has 0 saturated heterocycles. The molecule has 0 radical (unpaired) electrons. The maximum Gasteiger partial charge on any atom is 0.129 e. The summed E-state index contributed by atoms with van der Waals surface area (Å²) >= 11 is 0. The normalized spacial score (nSPS) is 12.9. The van der Waals surface area contributed by atoms with Crippen LogP contribution in [0.2, 0.25) is 0 Å². The van der Waals surface area contributed by atoms with Crippen molar-refractivity contribution >= 4 is 5.57 Å². The van der Waals surface area contributed by atoms with E-state index in [1.54, 1.807) is 0 Å². The minimum Gasteiger partial charge on any atom is -0.389 e. The molecule has 0 aliphatic carbocycles. The smallest absolute Gasteiger partial charge is 0.129 e. The summed E-state index contributed by atoms with van der Waals surface area (Å²) in [6.07, 6.45) is 0. The molecule has 1 N–H and O–H groups in total. The molecule has 0 aliphatic rings. The van der Waals surface area contributed by atoms with E-state index in [4.69, 9.17) is 5.11 Å². The summed E-state index contributed by atoms with van der Waals surface area (Å²) in [5.41, 5.74) is 1.43. The Morgan fingerprint density at radius 1 is 1.29 bits per heavy atom. The van der Waals surface area contributed by atoms with E-state index in [-0.39, 0.29) is 5.92 Å². The molecule has 1 aromatic rings. The van der Waals surface area contributed by atoms with Gasteiger partial charge in [0, 0.05) is 0 Å². The van der Waals surface area contributed by atoms with Crippen LogP contribution in [0, 0.1) is 5.92 Å². The van der Waals surface area contributed by atoms with Gasteiger partial charge in [0.2, 0.25) is 0 Å². The van der Waals surface area contributed by atoms with Crippen LogP contribution in [0.25, 0.3) is 5.57 Å². The first-order valence-electron chi connectivity index (χ1n) is 4.71. The van der Waals surface area contributed by atoms with Crippen LogP contribution in [0.4, 0.5) is 4.39 Å². The van der Waals surface area contributed by atoms with E-state index in [9.17, 15) is 4.39 Å². The third kappa shape index (κ3) is 2.42. The first kappa shape index (κ1) is 10.9. The van der Waals surface area contributed by atoms with Crippen molar-refractivity contribution in [3.63, 3.8) is 0 Å². The van der Waals surface area contributed by atoms with Crippen LogP contribution in [0.3, 0.4) is 0 Å². The van der Waals surface area contributed by atoms with Gasteiger partial charge in [0.25, 0.3) is 0 Å². The quantitative estimate of drug-likeness (QED) is 0.784. The van der Waals surface area contributed by atoms with Crippen molar-refractivity contribution < 1.29 is 9.50 Å². The van der Waals surface area contributed by atoms with Crippen molar-refractivity contribution in [2.75, 3.05) is 6.61 Å². The predicted octanol–water partition coefficient (Wildman–Crippen LogP) is 3.02. The average molecular weight is 194 g/mol. The number of halogens is 1. The van der Waals surface area contributed by atoms with Crippen LogP contribution in [0.1, 0.15) is 19.4 Å². The highest BCUT2D eigenvalue weighted by Gasteiger charge is 2.11. The van der Waals surface area contributed by atoms with Gasteiger partial charge in [0.1, 0.15) is 5.83 Å². The zero-order valence-electron chi connectivity index (χ0n) is 8.50. The number of hydrogen-bond donors (Lipinski definition) is 1. The van der Waals surface area contributed by atoms with E-state index in [1.807, 2.05) is 44.2 Å². The van der Waals surface area contributed by atoms with Gasteiger partial charge in [-0.1, -0.05) is 44.2 Å². The Balaban J connectivity index is 3.14. The Labute approximate surface area is 83.9 Å². The number of benzene rings is 1. The highest BCUT2D eigenvalue weighted by Crippen LogP contribution is 2.26. The van der Waals surface area contributed by atoms with Crippen LogP contribution in [-0.4, -0.2) is 11.7 Å². The predicted molar refractivity (Wildman–Crippen MR) is 56.4 cm³/mol. The molecule has 1 rings (SSSR count). The topological polar surface area (TPSA) is 20.2 Å². The lowest BCUT2D eigenvalue weighted by atomic mass is 9.94. The SMILES string of the molecule is CC(C)/C(=C(/F)CO)c1ccccc1.